The molecule has 1 aliphatic rings. The van der Waals surface area contributed by atoms with E-state index in [9.17, 15) is 15.3 Å². The molecule has 2 aromatic heterocycles. The van der Waals surface area contributed by atoms with Crippen LogP contribution in [0.2, 0.25) is 10.0 Å². The topological polar surface area (TPSA) is 113 Å². The van der Waals surface area contributed by atoms with Crippen LogP contribution in [-0.4, -0.2) is 60.8 Å². The highest BCUT2D eigenvalue weighted by atomic mass is 35.5. The molecule has 0 spiro atoms. The van der Waals surface area contributed by atoms with E-state index in [2.05, 4.69) is 15.3 Å². The Hall–Kier alpha value is -1.68. The number of nitrogens with one attached hydrogen (secondary N) is 1. The molecule has 1 saturated heterocycles. The number of pyridine rings is 1. The van der Waals surface area contributed by atoms with E-state index in [0.717, 1.165) is 5.39 Å². The van der Waals surface area contributed by atoms with Crippen LogP contribution >= 0.6 is 23.2 Å². The monoisotopic (exact) mass is 426 g/mol. The van der Waals surface area contributed by atoms with Crippen molar-refractivity contribution in [2.45, 2.75) is 44.4 Å². The van der Waals surface area contributed by atoms with Gasteiger partial charge in [0.2, 0.25) is 5.95 Å². The Kier molecular flexibility index (Phi) is 5.11. The largest absolute Gasteiger partial charge is 0.394 e. The van der Waals surface area contributed by atoms with Crippen molar-refractivity contribution in [3.05, 3.63) is 28.2 Å². The lowest BCUT2D eigenvalue weighted by Crippen LogP contribution is -2.33. The van der Waals surface area contributed by atoms with Crippen LogP contribution in [0, 0.1) is 0 Å². The van der Waals surface area contributed by atoms with Gasteiger partial charge < -0.3 is 25.4 Å². The predicted molar refractivity (Wildman–Crippen MR) is 107 cm³/mol. The van der Waals surface area contributed by atoms with E-state index in [1.807, 2.05) is 19.9 Å². The maximum atomic E-state index is 10.5. The van der Waals surface area contributed by atoms with Gasteiger partial charge in [0.1, 0.15) is 18.3 Å². The lowest BCUT2D eigenvalue weighted by molar-refractivity contribution is -0.0499. The number of fused-ring (bicyclic) bond motifs is 2. The van der Waals surface area contributed by atoms with Crippen LogP contribution in [0.3, 0.4) is 0 Å². The molecule has 3 heterocycles. The van der Waals surface area contributed by atoms with Gasteiger partial charge in [0, 0.05) is 11.4 Å². The summed E-state index contributed by atoms with van der Waals surface area (Å²) in [5.74, 6) is 0.430. The Balaban J connectivity index is 1.94. The minimum atomic E-state index is -1.24. The molecule has 3 aromatic rings. The maximum Gasteiger partial charge on any atom is 0.207 e. The zero-order valence-corrected chi connectivity index (χ0v) is 16.7. The Bertz CT molecular complexity index is 1040. The quantitative estimate of drug-likeness (QED) is 0.506. The number of halogens is 2. The molecule has 1 aromatic carbocycles. The fraction of sp³-hybridized carbons (Fsp3) is 0.444. The molecule has 0 unspecified atom stereocenters. The van der Waals surface area contributed by atoms with Crippen molar-refractivity contribution < 1.29 is 20.1 Å². The van der Waals surface area contributed by atoms with Crippen LogP contribution < -0.4 is 5.32 Å². The van der Waals surface area contributed by atoms with E-state index in [1.165, 1.54) is 0 Å². The van der Waals surface area contributed by atoms with Gasteiger partial charge >= 0.3 is 0 Å². The van der Waals surface area contributed by atoms with Gasteiger partial charge in [-0.15, -0.1) is 0 Å². The van der Waals surface area contributed by atoms with E-state index >= 15 is 0 Å². The molecule has 8 nitrogen and oxygen atoms in total. The van der Waals surface area contributed by atoms with E-state index in [-0.39, 0.29) is 6.04 Å². The normalized spacial score (nSPS) is 25.3. The Morgan fingerprint density at radius 2 is 1.86 bits per heavy atom. The van der Waals surface area contributed by atoms with Crippen LogP contribution in [0.25, 0.3) is 22.1 Å². The Morgan fingerprint density at radius 1 is 1.14 bits per heavy atom. The van der Waals surface area contributed by atoms with Gasteiger partial charge in [-0.2, -0.15) is 4.98 Å². The second-order valence-corrected chi connectivity index (χ2v) is 7.94. The van der Waals surface area contributed by atoms with Gasteiger partial charge in [0.25, 0.3) is 0 Å². The van der Waals surface area contributed by atoms with E-state index < -0.39 is 31.1 Å². The molecule has 0 amide bonds. The van der Waals surface area contributed by atoms with Crippen LogP contribution in [0.5, 0.6) is 0 Å². The van der Waals surface area contributed by atoms with Gasteiger partial charge in [0.05, 0.1) is 27.7 Å². The van der Waals surface area contributed by atoms with Crippen LogP contribution in [0.4, 0.5) is 5.95 Å². The first-order chi connectivity index (χ1) is 13.3. The zero-order valence-electron chi connectivity index (χ0n) is 15.2. The zero-order chi connectivity index (χ0) is 20.2. The number of benzene rings is 1. The third kappa shape index (κ3) is 3.20. The van der Waals surface area contributed by atoms with Crippen molar-refractivity contribution in [2.75, 3.05) is 11.9 Å². The first-order valence-electron chi connectivity index (χ1n) is 8.87. The molecular weight excluding hydrogens is 407 g/mol. The van der Waals surface area contributed by atoms with Gasteiger partial charge in [0.15, 0.2) is 11.9 Å². The fourth-order valence-corrected chi connectivity index (χ4v) is 3.72. The van der Waals surface area contributed by atoms with Gasteiger partial charge in [-0.25, -0.2) is 4.98 Å². The second-order valence-electron chi connectivity index (χ2n) is 7.12. The molecule has 0 saturated carbocycles. The van der Waals surface area contributed by atoms with Crippen LogP contribution in [0.1, 0.15) is 20.1 Å². The molecule has 4 rings (SSSR count). The van der Waals surface area contributed by atoms with Crippen molar-refractivity contribution in [1.82, 2.24) is 14.5 Å². The summed E-state index contributed by atoms with van der Waals surface area (Å²) < 4.78 is 7.37. The van der Waals surface area contributed by atoms with E-state index in [0.29, 0.717) is 32.7 Å². The first kappa shape index (κ1) is 19.6. The fourth-order valence-electron chi connectivity index (χ4n) is 3.39. The summed E-state index contributed by atoms with van der Waals surface area (Å²) in [6, 6.07) is 5.24. The van der Waals surface area contributed by atoms with Crippen molar-refractivity contribution in [3.8, 4) is 0 Å². The summed E-state index contributed by atoms with van der Waals surface area (Å²) in [4.78, 5) is 9.10. The van der Waals surface area contributed by atoms with E-state index in [4.69, 9.17) is 27.9 Å². The number of aromatic nitrogens is 3. The lowest BCUT2D eigenvalue weighted by Gasteiger charge is -2.21. The summed E-state index contributed by atoms with van der Waals surface area (Å²) in [6.07, 6.45) is -4.31. The highest BCUT2D eigenvalue weighted by Gasteiger charge is 2.44. The smallest absolute Gasteiger partial charge is 0.207 e. The summed E-state index contributed by atoms with van der Waals surface area (Å²) in [5.41, 5.74) is 1.64. The van der Waals surface area contributed by atoms with Crippen molar-refractivity contribution >= 4 is 51.2 Å². The molecule has 150 valence electrons. The molecule has 0 aliphatic carbocycles. The minimum Gasteiger partial charge on any atom is -0.394 e. The molecular formula is C18H20Cl2N4O4. The molecule has 1 fully saturated rings. The molecule has 1 aliphatic heterocycles. The number of aliphatic hydroxyl groups is 3. The highest BCUT2D eigenvalue weighted by molar-refractivity contribution is 6.42. The van der Waals surface area contributed by atoms with E-state index in [1.54, 1.807) is 16.7 Å². The average Bonchev–Trinajstić information content (AvgIpc) is 3.10. The number of imidazole rings is 1. The number of nitrogens with zero attached hydrogens (tertiary/aromatic N) is 3. The predicted octanol–water partition coefficient (Wildman–Crippen LogP) is 2.32. The third-order valence-corrected chi connectivity index (χ3v) is 5.43. The van der Waals surface area contributed by atoms with Crippen LogP contribution in [0.15, 0.2) is 18.2 Å². The summed E-state index contributed by atoms with van der Waals surface area (Å²) in [7, 11) is 0. The summed E-state index contributed by atoms with van der Waals surface area (Å²) in [5, 5.41) is 34.9. The maximum absolute atomic E-state index is 10.5. The Labute approximate surface area is 170 Å². The standard InChI is InChI=1S/C18H20Cl2N4O4/c1-7(2)21-18-23-16-12(4-8-3-9(19)10(20)5-11(8)22-16)24(18)17-15(27)14(26)13(6-25)28-17/h3-5,7,13-15,17,25-27H,6H2,1-2H3,(H,21,22,23)/t13-,14-,15-,17-/m1/s1. The molecule has 0 bridgehead atoms. The van der Waals surface area contributed by atoms with Gasteiger partial charge in [-0.05, 0) is 32.0 Å². The number of hydrogen-bond acceptors (Lipinski definition) is 7. The van der Waals surface area contributed by atoms with Crippen molar-refractivity contribution in [3.63, 3.8) is 0 Å². The average molecular weight is 427 g/mol. The lowest BCUT2D eigenvalue weighted by atomic mass is 10.1. The summed E-state index contributed by atoms with van der Waals surface area (Å²) >= 11 is 12.2. The molecule has 0 radical (unpaired) electrons. The Morgan fingerprint density at radius 3 is 2.50 bits per heavy atom. The number of anilines is 1. The number of aliphatic hydroxyl groups excluding tert-OH is 3. The molecule has 28 heavy (non-hydrogen) atoms. The number of ether oxygens (including phenoxy) is 1. The number of rotatable bonds is 4. The van der Waals surface area contributed by atoms with Gasteiger partial charge in [-0.1, -0.05) is 23.2 Å². The second kappa shape index (κ2) is 7.29. The number of hydrogen-bond donors (Lipinski definition) is 4. The molecule has 4 atom stereocenters. The molecule has 4 N–H and O–H groups in total. The van der Waals surface area contributed by atoms with Crippen LogP contribution in [-0.2, 0) is 4.74 Å². The third-order valence-electron chi connectivity index (χ3n) is 4.71. The van der Waals surface area contributed by atoms with Crippen molar-refractivity contribution in [2.24, 2.45) is 0 Å². The molecule has 10 heteroatoms. The first-order valence-corrected chi connectivity index (χ1v) is 9.62. The van der Waals surface area contributed by atoms with Gasteiger partial charge in [-0.3, -0.25) is 4.57 Å². The van der Waals surface area contributed by atoms with Crippen molar-refractivity contribution in [1.29, 1.82) is 0 Å². The highest BCUT2D eigenvalue weighted by Crippen LogP contribution is 2.36. The minimum absolute atomic E-state index is 0.0472. The SMILES string of the molecule is CC(C)Nc1nc2nc3cc(Cl)c(Cl)cc3cc2n1[C@@H]1O[C@H](CO)[C@@H](O)[C@H]1O. The summed E-state index contributed by atoms with van der Waals surface area (Å²) in [6.45, 7) is 3.48.